The third kappa shape index (κ3) is 4.75. The quantitative estimate of drug-likeness (QED) is 0.771. The van der Waals surface area contributed by atoms with Gasteiger partial charge >= 0.3 is 5.97 Å². The summed E-state index contributed by atoms with van der Waals surface area (Å²) in [5, 5.41) is 5.08. The molecule has 26 heavy (non-hydrogen) atoms. The van der Waals surface area contributed by atoms with Crippen molar-refractivity contribution in [2.45, 2.75) is 13.0 Å². The second-order valence-electron chi connectivity index (χ2n) is 5.49. The van der Waals surface area contributed by atoms with Crippen molar-refractivity contribution in [3.8, 4) is 0 Å². The fourth-order valence-corrected chi connectivity index (χ4v) is 2.30. The molecule has 2 rings (SSSR count). The highest BCUT2D eigenvalue weighted by Gasteiger charge is 2.15. The molecule has 2 aromatic carbocycles. The molecule has 0 aliphatic carbocycles. The van der Waals surface area contributed by atoms with Gasteiger partial charge in [-0.15, -0.1) is 0 Å². The van der Waals surface area contributed by atoms with Gasteiger partial charge in [-0.25, -0.2) is 18.0 Å². The molecule has 8 heteroatoms. The Morgan fingerprint density at radius 2 is 1.81 bits per heavy atom. The third-order valence-electron chi connectivity index (χ3n) is 3.63. The summed E-state index contributed by atoms with van der Waals surface area (Å²) in [6.45, 7) is 1.22. The van der Waals surface area contributed by atoms with E-state index in [0.29, 0.717) is 0 Å². The molecule has 0 radical (unpaired) electrons. The normalized spacial score (nSPS) is 11.6. The molecular weight excluding hydrogens is 349 g/mol. The molecular formula is C18H17F3N2O3. The number of methoxy groups -OCH3 is 1. The van der Waals surface area contributed by atoms with Crippen LogP contribution in [0, 0.1) is 17.5 Å². The van der Waals surface area contributed by atoms with E-state index < -0.39 is 35.4 Å². The average molecular weight is 366 g/mol. The van der Waals surface area contributed by atoms with E-state index >= 15 is 0 Å². The smallest absolute Gasteiger partial charge is 0.337 e. The second kappa shape index (κ2) is 8.37. The monoisotopic (exact) mass is 366 g/mol. The molecule has 0 heterocycles. The molecule has 0 aliphatic heterocycles. The van der Waals surface area contributed by atoms with Crippen molar-refractivity contribution in [2.75, 3.05) is 19.0 Å². The van der Waals surface area contributed by atoms with Crippen molar-refractivity contribution in [2.24, 2.45) is 0 Å². The number of ether oxygens (including phenoxy) is 1. The number of esters is 1. The summed E-state index contributed by atoms with van der Waals surface area (Å²) in [6, 6.07) is 5.89. The Bertz CT molecular complexity index is 827. The number of anilines is 1. The van der Waals surface area contributed by atoms with Crippen molar-refractivity contribution < 1.29 is 27.5 Å². The Balaban J connectivity index is 1.99. The highest BCUT2D eigenvalue weighted by molar-refractivity contribution is 5.90. The molecule has 0 bridgehead atoms. The fourth-order valence-electron chi connectivity index (χ4n) is 2.30. The maximum Gasteiger partial charge on any atom is 0.337 e. The lowest BCUT2D eigenvalue weighted by atomic mass is 10.1. The van der Waals surface area contributed by atoms with Gasteiger partial charge in [0.2, 0.25) is 5.91 Å². The fraction of sp³-hybridized carbons (Fsp3) is 0.222. The van der Waals surface area contributed by atoms with E-state index in [0.717, 1.165) is 18.2 Å². The second-order valence-corrected chi connectivity index (χ2v) is 5.49. The van der Waals surface area contributed by atoms with Crippen LogP contribution in [-0.2, 0) is 9.53 Å². The van der Waals surface area contributed by atoms with Crippen LogP contribution in [0.2, 0.25) is 0 Å². The minimum Gasteiger partial charge on any atom is -0.465 e. The summed E-state index contributed by atoms with van der Waals surface area (Å²) < 4.78 is 45.0. The van der Waals surface area contributed by atoms with Crippen molar-refractivity contribution in [3.63, 3.8) is 0 Å². The molecule has 1 amide bonds. The summed E-state index contributed by atoms with van der Waals surface area (Å²) in [5.41, 5.74) is 0.195. The zero-order chi connectivity index (χ0) is 19.3. The number of benzene rings is 2. The predicted octanol–water partition coefficient (Wildman–Crippen LogP) is 3.18. The Kier molecular flexibility index (Phi) is 6.21. The average Bonchev–Trinajstić information content (AvgIpc) is 2.60. The van der Waals surface area contributed by atoms with Crippen LogP contribution < -0.4 is 10.6 Å². The molecule has 5 nitrogen and oxygen atoms in total. The van der Waals surface area contributed by atoms with Gasteiger partial charge in [-0.2, -0.15) is 0 Å². The van der Waals surface area contributed by atoms with Gasteiger partial charge in [0, 0.05) is 11.6 Å². The lowest BCUT2D eigenvalue weighted by Gasteiger charge is -2.16. The van der Waals surface area contributed by atoms with Gasteiger partial charge in [-0.3, -0.25) is 4.79 Å². The van der Waals surface area contributed by atoms with Crippen LogP contribution in [0.1, 0.15) is 28.9 Å². The number of hydrogen-bond donors (Lipinski definition) is 2. The molecule has 0 saturated carbocycles. The first-order valence-corrected chi connectivity index (χ1v) is 7.68. The van der Waals surface area contributed by atoms with Crippen LogP contribution in [0.5, 0.6) is 0 Å². The summed E-state index contributed by atoms with van der Waals surface area (Å²) in [7, 11) is 1.20. The molecule has 1 unspecified atom stereocenters. The molecule has 0 aromatic heterocycles. The van der Waals surface area contributed by atoms with Crippen molar-refractivity contribution in [1.29, 1.82) is 0 Å². The first kappa shape index (κ1) is 19.3. The van der Waals surface area contributed by atoms with Gasteiger partial charge in [-0.05, 0) is 31.2 Å². The van der Waals surface area contributed by atoms with Crippen LogP contribution in [-0.4, -0.2) is 25.5 Å². The Labute approximate surface area is 148 Å². The predicted molar refractivity (Wildman–Crippen MR) is 89.1 cm³/mol. The first-order chi connectivity index (χ1) is 12.3. The summed E-state index contributed by atoms with van der Waals surface area (Å²) in [4.78, 5) is 23.4. The van der Waals surface area contributed by atoms with Gasteiger partial charge < -0.3 is 15.4 Å². The van der Waals surface area contributed by atoms with Crippen molar-refractivity contribution in [1.82, 2.24) is 5.32 Å². The highest BCUT2D eigenvalue weighted by Crippen LogP contribution is 2.18. The number of amides is 1. The van der Waals surface area contributed by atoms with Crippen LogP contribution in [0.25, 0.3) is 0 Å². The minimum absolute atomic E-state index is 0.0522. The molecule has 2 N–H and O–H groups in total. The molecule has 0 saturated heterocycles. The minimum atomic E-state index is -0.775. The van der Waals surface area contributed by atoms with Gasteiger partial charge in [0.25, 0.3) is 0 Å². The third-order valence-corrected chi connectivity index (χ3v) is 3.63. The van der Waals surface area contributed by atoms with E-state index in [9.17, 15) is 22.8 Å². The van der Waals surface area contributed by atoms with E-state index in [4.69, 9.17) is 0 Å². The lowest BCUT2D eigenvalue weighted by molar-refractivity contribution is -0.120. The summed E-state index contributed by atoms with van der Waals surface area (Å²) in [5.74, 6) is -3.32. The maximum atomic E-state index is 13.8. The number of carbonyl (C=O) groups is 2. The molecule has 138 valence electrons. The summed E-state index contributed by atoms with van der Waals surface area (Å²) in [6.07, 6.45) is 0. The van der Waals surface area contributed by atoms with Gasteiger partial charge in [0.05, 0.1) is 30.9 Å². The van der Waals surface area contributed by atoms with Crippen LogP contribution >= 0.6 is 0 Å². The maximum absolute atomic E-state index is 13.8. The number of rotatable bonds is 6. The van der Waals surface area contributed by atoms with E-state index in [1.54, 1.807) is 0 Å². The SMILES string of the molecule is COC(=O)c1ccc(F)c(NCC(=O)NC(C)c2ccc(F)cc2F)c1. The molecule has 1 atom stereocenters. The Morgan fingerprint density at radius 1 is 1.08 bits per heavy atom. The standard InChI is InChI=1S/C18H17F3N2O3/c1-10(13-5-4-12(19)8-15(13)21)23-17(24)9-22-16-7-11(18(25)26-2)3-6-14(16)20/h3-8,10,22H,9H2,1-2H3,(H,23,24). The van der Waals surface area contributed by atoms with Crippen molar-refractivity contribution >= 4 is 17.6 Å². The molecule has 0 fully saturated rings. The van der Waals surface area contributed by atoms with E-state index in [1.807, 2.05) is 0 Å². The molecule has 0 aliphatic rings. The van der Waals surface area contributed by atoms with E-state index in [-0.39, 0.29) is 23.4 Å². The number of hydrogen-bond acceptors (Lipinski definition) is 4. The number of nitrogens with one attached hydrogen (secondary N) is 2. The number of halogens is 3. The van der Waals surface area contributed by atoms with Crippen LogP contribution in [0.3, 0.4) is 0 Å². The zero-order valence-corrected chi connectivity index (χ0v) is 14.1. The van der Waals surface area contributed by atoms with Crippen LogP contribution in [0.15, 0.2) is 36.4 Å². The van der Waals surface area contributed by atoms with Crippen LogP contribution in [0.4, 0.5) is 18.9 Å². The van der Waals surface area contributed by atoms with Gasteiger partial charge in [0.1, 0.15) is 17.5 Å². The Hall–Kier alpha value is -3.03. The molecule has 0 spiro atoms. The highest BCUT2D eigenvalue weighted by atomic mass is 19.1. The largest absolute Gasteiger partial charge is 0.465 e. The van der Waals surface area contributed by atoms with Crippen molar-refractivity contribution in [3.05, 3.63) is 65.0 Å². The van der Waals surface area contributed by atoms with Gasteiger partial charge in [0.15, 0.2) is 0 Å². The van der Waals surface area contributed by atoms with E-state index in [1.165, 1.54) is 32.2 Å². The van der Waals surface area contributed by atoms with E-state index in [2.05, 4.69) is 15.4 Å². The number of carbonyl (C=O) groups excluding carboxylic acids is 2. The zero-order valence-electron chi connectivity index (χ0n) is 14.1. The summed E-state index contributed by atoms with van der Waals surface area (Å²) >= 11 is 0. The molecule has 2 aromatic rings. The topological polar surface area (TPSA) is 67.4 Å². The Morgan fingerprint density at radius 3 is 2.46 bits per heavy atom. The first-order valence-electron chi connectivity index (χ1n) is 7.68. The van der Waals surface area contributed by atoms with Gasteiger partial charge in [-0.1, -0.05) is 6.07 Å². The lowest BCUT2D eigenvalue weighted by Crippen LogP contribution is -2.32.